The van der Waals surface area contributed by atoms with E-state index in [0.717, 1.165) is 22.8 Å². The van der Waals surface area contributed by atoms with Crippen LogP contribution in [0.1, 0.15) is 51.6 Å². The Morgan fingerprint density at radius 3 is 1.76 bits per heavy atom. The molecule has 0 atom stereocenters. The average molecular weight is 482 g/mol. The molecular formula is C34H31N3. The van der Waals surface area contributed by atoms with E-state index in [4.69, 9.17) is 15.0 Å². The summed E-state index contributed by atoms with van der Waals surface area (Å²) in [7, 11) is 0. The summed E-state index contributed by atoms with van der Waals surface area (Å²) < 4.78 is 0. The molecular weight excluding hydrogens is 450 g/mol. The van der Waals surface area contributed by atoms with E-state index >= 15 is 0 Å². The second kappa shape index (κ2) is 8.48. The lowest BCUT2D eigenvalue weighted by atomic mass is 9.82. The Labute approximate surface area is 219 Å². The largest absolute Gasteiger partial charge is 0.212 e. The van der Waals surface area contributed by atoms with Gasteiger partial charge in [-0.15, -0.1) is 0 Å². The zero-order chi connectivity index (χ0) is 25.8. The highest BCUT2D eigenvalue weighted by molar-refractivity contribution is 5.83. The second-order valence-electron chi connectivity index (χ2n) is 11.4. The molecule has 4 aromatic carbocycles. The minimum Gasteiger partial charge on any atom is -0.212 e. The van der Waals surface area contributed by atoms with Gasteiger partial charge in [0.05, 0.1) is 0 Å². The lowest BCUT2D eigenvalue weighted by Crippen LogP contribution is -2.18. The Balaban J connectivity index is 1.45. The van der Waals surface area contributed by atoms with E-state index in [1.165, 1.54) is 33.4 Å². The summed E-state index contributed by atoms with van der Waals surface area (Å²) in [5.74, 6) is 2.22. The molecule has 0 saturated carbocycles. The van der Waals surface area contributed by atoms with E-state index < -0.39 is 0 Å². The first-order valence-corrected chi connectivity index (χ1v) is 12.9. The molecule has 37 heavy (non-hydrogen) atoms. The summed E-state index contributed by atoms with van der Waals surface area (Å²) in [6.07, 6.45) is 0. The molecule has 6 rings (SSSR count). The number of hydrogen-bond acceptors (Lipinski definition) is 3. The van der Waals surface area contributed by atoms with E-state index in [9.17, 15) is 0 Å². The van der Waals surface area contributed by atoms with E-state index in [2.05, 4.69) is 126 Å². The Kier molecular flexibility index (Phi) is 5.34. The highest BCUT2D eigenvalue weighted by Crippen LogP contribution is 2.49. The molecule has 0 unspecified atom stereocenters. The molecule has 0 radical (unpaired) electrons. The first-order chi connectivity index (χ1) is 17.7. The van der Waals surface area contributed by atoms with Crippen molar-refractivity contribution in [2.45, 2.75) is 45.4 Å². The maximum absolute atomic E-state index is 4.99. The fourth-order valence-corrected chi connectivity index (χ4v) is 5.26. The number of benzene rings is 4. The van der Waals surface area contributed by atoms with Crippen LogP contribution >= 0.6 is 0 Å². The summed E-state index contributed by atoms with van der Waals surface area (Å²) in [4.78, 5) is 14.9. The van der Waals surface area contributed by atoms with Crippen LogP contribution in [0.15, 0.2) is 97.1 Å². The average Bonchev–Trinajstić information content (AvgIpc) is 3.15. The van der Waals surface area contributed by atoms with Gasteiger partial charge in [-0.25, -0.2) is 15.0 Å². The predicted molar refractivity (Wildman–Crippen MR) is 152 cm³/mol. The van der Waals surface area contributed by atoms with Gasteiger partial charge in [0.2, 0.25) is 0 Å². The van der Waals surface area contributed by atoms with Crippen molar-refractivity contribution in [2.75, 3.05) is 0 Å². The fraction of sp³-hybridized carbons (Fsp3) is 0.206. The quantitative estimate of drug-likeness (QED) is 0.259. The summed E-state index contributed by atoms with van der Waals surface area (Å²) in [5.41, 5.74) is 9.41. The third-order valence-electron chi connectivity index (χ3n) is 7.40. The van der Waals surface area contributed by atoms with E-state index in [-0.39, 0.29) is 10.8 Å². The maximum atomic E-state index is 4.99. The summed E-state index contributed by atoms with van der Waals surface area (Å²) >= 11 is 0. The van der Waals surface area contributed by atoms with Gasteiger partial charge in [0, 0.05) is 22.0 Å². The molecule has 0 bridgehead atoms. The lowest BCUT2D eigenvalue weighted by Gasteiger charge is -2.22. The summed E-state index contributed by atoms with van der Waals surface area (Å²) in [6, 6.07) is 34.3. The van der Waals surface area contributed by atoms with Crippen molar-refractivity contribution in [3.05, 3.63) is 114 Å². The number of rotatable bonds is 3. The van der Waals surface area contributed by atoms with Crippen LogP contribution in [0.5, 0.6) is 0 Å². The number of fused-ring (bicyclic) bond motifs is 3. The zero-order valence-electron chi connectivity index (χ0n) is 22.1. The van der Waals surface area contributed by atoms with Gasteiger partial charge >= 0.3 is 0 Å². The van der Waals surface area contributed by atoms with Crippen LogP contribution in [0.3, 0.4) is 0 Å². The number of nitrogens with zero attached hydrogens (tertiary/aromatic N) is 3. The van der Waals surface area contributed by atoms with Crippen molar-refractivity contribution < 1.29 is 0 Å². The van der Waals surface area contributed by atoms with Crippen molar-refractivity contribution in [1.82, 2.24) is 15.0 Å². The van der Waals surface area contributed by atoms with Gasteiger partial charge in [-0.05, 0) is 39.4 Å². The summed E-state index contributed by atoms with van der Waals surface area (Å²) in [5, 5.41) is 0. The van der Waals surface area contributed by atoms with Crippen LogP contribution in [0.4, 0.5) is 0 Å². The van der Waals surface area contributed by atoms with Crippen LogP contribution in [-0.4, -0.2) is 15.0 Å². The molecule has 1 aliphatic carbocycles. The standard InChI is InChI=1S/C34H31N3/c1-33(2,3)32-36-30(24-17-15-23(16-18-24)22-11-7-6-8-12-22)35-31(37-32)25-19-20-27-26-13-9-10-14-28(26)34(4,5)29(27)21-25/h6-21H,1-5H3. The Bertz CT molecular complexity index is 1610. The van der Waals surface area contributed by atoms with E-state index in [0.29, 0.717) is 5.82 Å². The maximum Gasteiger partial charge on any atom is 0.163 e. The Hall–Kier alpha value is -4.11. The first-order valence-electron chi connectivity index (χ1n) is 12.9. The smallest absolute Gasteiger partial charge is 0.163 e. The van der Waals surface area contributed by atoms with Crippen molar-refractivity contribution in [3.63, 3.8) is 0 Å². The zero-order valence-corrected chi connectivity index (χ0v) is 22.1. The molecule has 5 aromatic rings. The van der Waals surface area contributed by atoms with Gasteiger partial charge in [-0.1, -0.05) is 126 Å². The predicted octanol–water partition coefficient (Wildman–Crippen LogP) is 8.48. The molecule has 0 N–H and O–H groups in total. The molecule has 3 nitrogen and oxygen atoms in total. The Morgan fingerprint density at radius 1 is 0.514 bits per heavy atom. The van der Waals surface area contributed by atoms with Crippen molar-refractivity contribution in [2.24, 2.45) is 0 Å². The van der Waals surface area contributed by atoms with Crippen molar-refractivity contribution in [3.8, 4) is 45.0 Å². The molecule has 3 heteroatoms. The molecule has 1 aliphatic rings. The van der Waals surface area contributed by atoms with Crippen LogP contribution in [0, 0.1) is 0 Å². The normalized spacial score (nSPS) is 13.8. The number of hydrogen-bond donors (Lipinski definition) is 0. The van der Waals surface area contributed by atoms with Gasteiger partial charge < -0.3 is 0 Å². The lowest BCUT2D eigenvalue weighted by molar-refractivity contribution is 0.543. The van der Waals surface area contributed by atoms with E-state index in [1.807, 2.05) is 6.07 Å². The van der Waals surface area contributed by atoms with Gasteiger partial charge in [0.25, 0.3) is 0 Å². The van der Waals surface area contributed by atoms with E-state index in [1.54, 1.807) is 0 Å². The third-order valence-corrected chi connectivity index (χ3v) is 7.40. The number of aromatic nitrogens is 3. The monoisotopic (exact) mass is 481 g/mol. The van der Waals surface area contributed by atoms with Gasteiger partial charge in [-0.3, -0.25) is 0 Å². The molecule has 0 amide bonds. The molecule has 0 spiro atoms. The van der Waals surface area contributed by atoms with Crippen molar-refractivity contribution in [1.29, 1.82) is 0 Å². The fourth-order valence-electron chi connectivity index (χ4n) is 5.26. The molecule has 1 heterocycles. The summed E-state index contributed by atoms with van der Waals surface area (Å²) in [6.45, 7) is 11.1. The first kappa shape index (κ1) is 23.3. The van der Waals surface area contributed by atoms with Crippen LogP contribution in [0.25, 0.3) is 45.0 Å². The van der Waals surface area contributed by atoms with Crippen LogP contribution in [0.2, 0.25) is 0 Å². The molecule has 0 saturated heterocycles. The molecule has 1 aromatic heterocycles. The van der Waals surface area contributed by atoms with Crippen molar-refractivity contribution >= 4 is 0 Å². The SMILES string of the molecule is CC(C)(C)c1nc(-c2ccc(-c3ccccc3)cc2)nc(-c2ccc3c(c2)C(C)(C)c2ccccc2-3)n1. The highest BCUT2D eigenvalue weighted by Gasteiger charge is 2.35. The highest BCUT2D eigenvalue weighted by atomic mass is 15.0. The van der Waals surface area contributed by atoms with Gasteiger partial charge in [0.15, 0.2) is 11.6 Å². The Morgan fingerprint density at radius 2 is 1.05 bits per heavy atom. The topological polar surface area (TPSA) is 38.7 Å². The minimum absolute atomic E-state index is 0.0715. The second-order valence-corrected chi connectivity index (χ2v) is 11.4. The van der Waals surface area contributed by atoms with Crippen LogP contribution < -0.4 is 0 Å². The minimum atomic E-state index is -0.206. The van der Waals surface area contributed by atoms with Gasteiger partial charge in [0.1, 0.15) is 5.82 Å². The third kappa shape index (κ3) is 4.05. The molecule has 182 valence electrons. The van der Waals surface area contributed by atoms with Gasteiger partial charge in [-0.2, -0.15) is 0 Å². The molecule has 0 fully saturated rings. The van der Waals surface area contributed by atoms with Crippen LogP contribution in [-0.2, 0) is 10.8 Å². The molecule has 0 aliphatic heterocycles.